The van der Waals surface area contributed by atoms with E-state index < -0.39 is 0 Å². The minimum Gasteiger partial charge on any atom is -0.272 e. The predicted molar refractivity (Wildman–Crippen MR) is 120 cm³/mol. The number of nitriles is 1. The van der Waals surface area contributed by atoms with Gasteiger partial charge in [0, 0.05) is 34.8 Å². The quantitative estimate of drug-likeness (QED) is 0.419. The zero-order valence-corrected chi connectivity index (χ0v) is 18.0. The predicted octanol–water partition coefficient (Wildman–Crippen LogP) is 5.66. The van der Waals surface area contributed by atoms with Gasteiger partial charge in [-0.1, -0.05) is 43.5 Å². The molecule has 0 unspecified atom stereocenters. The van der Waals surface area contributed by atoms with E-state index in [0.29, 0.717) is 16.3 Å². The van der Waals surface area contributed by atoms with Crippen LogP contribution < -0.4 is 0 Å². The number of hydrogen-bond acceptors (Lipinski definition) is 5. The molecule has 31 heavy (non-hydrogen) atoms. The molecular weight excluding hydrogens is 408 g/mol. The molecule has 4 aromatic rings. The standard InChI is InChI=1S/C24H21ClN6/c1-24(8-2-3-9-24)15-31-14-18(13-27-31)20-7-6-19(12-26)28-23(20)17-5-4-16-11-22(25)30-29-21(16)10-17/h4-7,10-11,13-14H,2-3,8-9,15H2,1H3. The van der Waals surface area contributed by atoms with Gasteiger partial charge < -0.3 is 0 Å². The van der Waals surface area contributed by atoms with Crippen LogP contribution >= 0.6 is 11.6 Å². The maximum absolute atomic E-state index is 9.40. The number of fused-ring (bicyclic) bond motifs is 1. The van der Waals surface area contributed by atoms with Crippen LogP contribution in [0.25, 0.3) is 33.3 Å². The fourth-order valence-corrected chi connectivity index (χ4v) is 4.66. The fraction of sp³-hybridized carbons (Fsp3) is 0.292. The molecule has 6 nitrogen and oxygen atoms in total. The number of aromatic nitrogens is 5. The summed E-state index contributed by atoms with van der Waals surface area (Å²) in [6, 6.07) is 13.4. The molecule has 0 spiro atoms. The van der Waals surface area contributed by atoms with Gasteiger partial charge in [0.2, 0.25) is 0 Å². The third-order valence-electron chi connectivity index (χ3n) is 6.14. The molecule has 7 heteroatoms. The number of pyridine rings is 1. The maximum atomic E-state index is 9.40. The second-order valence-corrected chi connectivity index (χ2v) is 8.98. The third-order valence-corrected chi connectivity index (χ3v) is 6.32. The summed E-state index contributed by atoms with van der Waals surface area (Å²) in [5.41, 5.74) is 4.91. The topological polar surface area (TPSA) is 80.3 Å². The molecule has 0 N–H and O–H groups in total. The average molecular weight is 429 g/mol. The third kappa shape index (κ3) is 3.89. The van der Waals surface area contributed by atoms with E-state index in [1.54, 1.807) is 12.1 Å². The molecule has 5 rings (SSSR count). The van der Waals surface area contributed by atoms with E-state index in [0.717, 1.165) is 39.8 Å². The van der Waals surface area contributed by atoms with Crippen LogP contribution in [0.3, 0.4) is 0 Å². The molecule has 3 heterocycles. The molecule has 0 saturated heterocycles. The maximum Gasteiger partial charge on any atom is 0.152 e. The van der Waals surface area contributed by atoms with E-state index in [1.807, 2.05) is 35.1 Å². The van der Waals surface area contributed by atoms with E-state index in [4.69, 9.17) is 11.6 Å². The molecule has 1 fully saturated rings. The summed E-state index contributed by atoms with van der Waals surface area (Å²) in [4.78, 5) is 4.62. The Kier molecular flexibility index (Phi) is 4.91. The molecule has 0 atom stereocenters. The SMILES string of the molecule is CC1(Cn2cc(-c3ccc(C#N)nc3-c3ccc4cc(Cl)nnc4c3)cn2)CCCC1. The van der Waals surface area contributed by atoms with Gasteiger partial charge in [-0.3, -0.25) is 4.68 Å². The van der Waals surface area contributed by atoms with Gasteiger partial charge in [0.15, 0.2) is 5.15 Å². The molecule has 0 bridgehead atoms. The molecule has 0 aliphatic heterocycles. The lowest BCUT2D eigenvalue weighted by Crippen LogP contribution is -2.19. The molecule has 1 aliphatic carbocycles. The van der Waals surface area contributed by atoms with Crippen LogP contribution in [0.15, 0.2) is 48.8 Å². The largest absolute Gasteiger partial charge is 0.272 e. The second kappa shape index (κ2) is 7.75. The summed E-state index contributed by atoms with van der Waals surface area (Å²) in [6.45, 7) is 3.26. The highest BCUT2D eigenvalue weighted by atomic mass is 35.5. The van der Waals surface area contributed by atoms with Crippen LogP contribution in [0.5, 0.6) is 0 Å². The van der Waals surface area contributed by atoms with Crippen molar-refractivity contribution >= 4 is 22.5 Å². The summed E-state index contributed by atoms with van der Waals surface area (Å²) in [5.74, 6) is 0. The van der Waals surface area contributed by atoms with Crippen molar-refractivity contribution in [1.82, 2.24) is 25.0 Å². The smallest absolute Gasteiger partial charge is 0.152 e. The van der Waals surface area contributed by atoms with Crippen LogP contribution in [-0.2, 0) is 6.54 Å². The Hall–Kier alpha value is -3.30. The summed E-state index contributed by atoms with van der Waals surface area (Å²) >= 11 is 5.96. The lowest BCUT2D eigenvalue weighted by atomic mass is 9.89. The molecule has 1 aromatic carbocycles. The van der Waals surface area contributed by atoms with Gasteiger partial charge in [-0.05, 0) is 42.5 Å². The average Bonchev–Trinajstić information content (AvgIpc) is 3.42. The van der Waals surface area contributed by atoms with Crippen LogP contribution in [0.1, 0.15) is 38.3 Å². The van der Waals surface area contributed by atoms with Crippen LogP contribution in [0.4, 0.5) is 0 Å². The Morgan fingerprint density at radius 3 is 2.74 bits per heavy atom. The summed E-state index contributed by atoms with van der Waals surface area (Å²) in [5, 5.41) is 23.4. The second-order valence-electron chi connectivity index (χ2n) is 8.59. The lowest BCUT2D eigenvalue weighted by Gasteiger charge is -2.22. The number of rotatable bonds is 4. The number of benzene rings is 1. The van der Waals surface area contributed by atoms with E-state index >= 15 is 0 Å². The van der Waals surface area contributed by atoms with E-state index in [1.165, 1.54) is 25.7 Å². The van der Waals surface area contributed by atoms with E-state index in [9.17, 15) is 5.26 Å². The fourth-order valence-electron chi connectivity index (χ4n) is 4.50. The zero-order chi connectivity index (χ0) is 21.4. The van der Waals surface area contributed by atoms with Crippen molar-refractivity contribution in [3.05, 3.63) is 59.6 Å². The minimum atomic E-state index is 0.313. The van der Waals surface area contributed by atoms with Gasteiger partial charge in [0.1, 0.15) is 11.8 Å². The van der Waals surface area contributed by atoms with Crippen LogP contribution in [0, 0.1) is 16.7 Å². The van der Waals surface area contributed by atoms with E-state index in [2.05, 4.69) is 39.5 Å². The first-order valence-corrected chi connectivity index (χ1v) is 10.8. The van der Waals surface area contributed by atoms with Gasteiger partial charge in [-0.15, -0.1) is 10.2 Å². The van der Waals surface area contributed by atoms with Crippen molar-refractivity contribution in [2.75, 3.05) is 0 Å². The van der Waals surface area contributed by atoms with Gasteiger partial charge in [-0.2, -0.15) is 10.4 Å². The molecular formula is C24H21ClN6. The van der Waals surface area contributed by atoms with Crippen molar-refractivity contribution in [2.45, 2.75) is 39.2 Å². The monoisotopic (exact) mass is 428 g/mol. The van der Waals surface area contributed by atoms with Crippen molar-refractivity contribution in [3.8, 4) is 28.5 Å². The summed E-state index contributed by atoms with van der Waals surface area (Å²) in [7, 11) is 0. The number of halogens is 1. The Morgan fingerprint density at radius 2 is 1.94 bits per heavy atom. The van der Waals surface area contributed by atoms with Gasteiger partial charge in [0.25, 0.3) is 0 Å². The first-order valence-electron chi connectivity index (χ1n) is 10.4. The number of nitrogens with zero attached hydrogens (tertiary/aromatic N) is 6. The highest BCUT2D eigenvalue weighted by molar-refractivity contribution is 6.29. The Morgan fingerprint density at radius 1 is 1.10 bits per heavy atom. The minimum absolute atomic E-state index is 0.313. The molecule has 154 valence electrons. The van der Waals surface area contributed by atoms with Crippen molar-refractivity contribution < 1.29 is 0 Å². The highest BCUT2D eigenvalue weighted by Gasteiger charge is 2.29. The van der Waals surface area contributed by atoms with Crippen molar-refractivity contribution in [3.63, 3.8) is 0 Å². The summed E-state index contributed by atoms with van der Waals surface area (Å²) < 4.78 is 2.04. The van der Waals surface area contributed by atoms with Crippen molar-refractivity contribution in [2.24, 2.45) is 5.41 Å². The van der Waals surface area contributed by atoms with Gasteiger partial charge in [-0.25, -0.2) is 4.98 Å². The summed E-state index contributed by atoms with van der Waals surface area (Å²) in [6.07, 6.45) is 9.04. The van der Waals surface area contributed by atoms with Gasteiger partial charge >= 0.3 is 0 Å². The molecule has 0 amide bonds. The molecule has 1 saturated carbocycles. The van der Waals surface area contributed by atoms with Crippen LogP contribution in [-0.4, -0.2) is 25.0 Å². The number of hydrogen-bond donors (Lipinski definition) is 0. The lowest BCUT2D eigenvalue weighted by molar-refractivity contribution is 0.268. The Labute approximate surface area is 185 Å². The Balaban J connectivity index is 1.56. The molecule has 1 aliphatic rings. The van der Waals surface area contributed by atoms with E-state index in [-0.39, 0.29) is 0 Å². The van der Waals surface area contributed by atoms with Crippen LogP contribution in [0.2, 0.25) is 5.15 Å². The first kappa shape index (κ1) is 19.7. The molecule has 3 aromatic heterocycles. The highest BCUT2D eigenvalue weighted by Crippen LogP contribution is 2.39. The molecule has 0 radical (unpaired) electrons. The normalized spacial score (nSPS) is 15.3. The van der Waals surface area contributed by atoms with Crippen molar-refractivity contribution in [1.29, 1.82) is 5.26 Å². The Bertz CT molecular complexity index is 1310. The van der Waals surface area contributed by atoms with Gasteiger partial charge in [0.05, 0.1) is 17.4 Å². The first-order chi connectivity index (χ1) is 15.0. The zero-order valence-electron chi connectivity index (χ0n) is 17.2.